The first-order chi connectivity index (χ1) is 6.63. The van der Waals surface area contributed by atoms with E-state index in [1.165, 1.54) is 0 Å². The maximum atomic E-state index is 11.1. The minimum atomic E-state index is -0.364. The maximum Gasteiger partial charge on any atom is 0.248 e. The molecule has 0 unspecified atom stereocenters. The molecule has 0 aliphatic carbocycles. The highest BCUT2D eigenvalue weighted by molar-refractivity contribution is 5.77. The van der Waals surface area contributed by atoms with E-state index in [1.807, 2.05) is 0 Å². The molecule has 1 fully saturated rings. The standard InChI is InChI=1S/C10H20N2O2/c1-8(2)5-11-9-3-4-12(6-9)10(14)7-13/h8-9,11,13H,3-7H2,1-2H3/t9-/m1/s1. The molecule has 4 nitrogen and oxygen atoms in total. The van der Waals surface area contributed by atoms with Gasteiger partial charge in [0.05, 0.1) is 0 Å². The fourth-order valence-electron chi connectivity index (χ4n) is 1.66. The lowest BCUT2D eigenvalue weighted by molar-refractivity contribution is -0.133. The Morgan fingerprint density at radius 3 is 2.93 bits per heavy atom. The summed E-state index contributed by atoms with van der Waals surface area (Å²) in [6.07, 6.45) is 0.998. The molecule has 1 aliphatic rings. The second-order valence-corrected chi connectivity index (χ2v) is 4.29. The van der Waals surface area contributed by atoms with Gasteiger partial charge in [0.1, 0.15) is 6.61 Å². The number of hydrogen-bond donors (Lipinski definition) is 2. The van der Waals surface area contributed by atoms with E-state index in [1.54, 1.807) is 4.90 Å². The number of likely N-dealkylation sites (tertiary alicyclic amines) is 1. The van der Waals surface area contributed by atoms with Gasteiger partial charge in [-0.3, -0.25) is 4.79 Å². The summed E-state index contributed by atoms with van der Waals surface area (Å²) in [5.74, 6) is 0.483. The van der Waals surface area contributed by atoms with Crippen molar-refractivity contribution in [2.45, 2.75) is 26.3 Å². The first-order valence-electron chi connectivity index (χ1n) is 5.25. The Balaban J connectivity index is 2.23. The summed E-state index contributed by atoms with van der Waals surface area (Å²) in [5.41, 5.74) is 0. The van der Waals surface area contributed by atoms with Gasteiger partial charge in [-0.15, -0.1) is 0 Å². The molecule has 1 rings (SSSR count). The Hall–Kier alpha value is -0.610. The van der Waals surface area contributed by atoms with Crippen LogP contribution in [0.15, 0.2) is 0 Å². The predicted molar refractivity (Wildman–Crippen MR) is 54.9 cm³/mol. The minimum absolute atomic E-state index is 0.154. The summed E-state index contributed by atoms with van der Waals surface area (Å²) in [6.45, 7) is 6.47. The van der Waals surface area contributed by atoms with Gasteiger partial charge in [0.2, 0.25) is 5.91 Å². The molecule has 1 saturated heterocycles. The highest BCUT2D eigenvalue weighted by atomic mass is 16.3. The summed E-state index contributed by atoms with van der Waals surface area (Å²) < 4.78 is 0. The van der Waals surface area contributed by atoms with Gasteiger partial charge in [0, 0.05) is 19.1 Å². The zero-order valence-electron chi connectivity index (χ0n) is 8.99. The third-order valence-corrected chi connectivity index (χ3v) is 2.49. The summed E-state index contributed by atoms with van der Waals surface area (Å²) in [4.78, 5) is 12.9. The van der Waals surface area contributed by atoms with E-state index < -0.39 is 0 Å². The molecule has 0 spiro atoms. The number of nitrogens with one attached hydrogen (secondary N) is 1. The Bertz CT molecular complexity index is 195. The minimum Gasteiger partial charge on any atom is -0.387 e. The van der Waals surface area contributed by atoms with Crippen LogP contribution in [0.3, 0.4) is 0 Å². The van der Waals surface area contributed by atoms with E-state index in [0.29, 0.717) is 12.0 Å². The van der Waals surface area contributed by atoms with Crippen molar-refractivity contribution in [3.05, 3.63) is 0 Å². The topological polar surface area (TPSA) is 52.6 Å². The number of rotatable bonds is 4. The monoisotopic (exact) mass is 200 g/mol. The van der Waals surface area contributed by atoms with Crippen LogP contribution in [0.4, 0.5) is 0 Å². The van der Waals surface area contributed by atoms with Crippen molar-refractivity contribution in [2.75, 3.05) is 26.2 Å². The van der Waals surface area contributed by atoms with Crippen molar-refractivity contribution in [2.24, 2.45) is 5.92 Å². The second kappa shape index (κ2) is 5.32. The third kappa shape index (κ3) is 3.27. The average molecular weight is 200 g/mol. The molecule has 2 N–H and O–H groups in total. The normalized spacial score (nSPS) is 22.0. The maximum absolute atomic E-state index is 11.1. The summed E-state index contributed by atoms with van der Waals surface area (Å²) >= 11 is 0. The highest BCUT2D eigenvalue weighted by Crippen LogP contribution is 2.09. The Morgan fingerprint density at radius 1 is 1.64 bits per heavy atom. The molecule has 1 aliphatic heterocycles. The second-order valence-electron chi connectivity index (χ2n) is 4.29. The van der Waals surface area contributed by atoms with E-state index in [0.717, 1.165) is 26.1 Å². The molecule has 0 bridgehead atoms. The van der Waals surface area contributed by atoms with E-state index >= 15 is 0 Å². The van der Waals surface area contributed by atoms with Crippen LogP contribution in [0.2, 0.25) is 0 Å². The van der Waals surface area contributed by atoms with E-state index in [4.69, 9.17) is 5.11 Å². The Kier molecular flexibility index (Phi) is 4.35. The SMILES string of the molecule is CC(C)CN[C@@H]1CCN(C(=O)CO)C1. The molecular formula is C10H20N2O2. The van der Waals surface area contributed by atoms with Crippen molar-refractivity contribution in [3.8, 4) is 0 Å². The van der Waals surface area contributed by atoms with Gasteiger partial charge in [0.25, 0.3) is 0 Å². The lowest BCUT2D eigenvalue weighted by Gasteiger charge is -2.16. The van der Waals surface area contributed by atoms with Crippen LogP contribution in [0, 0.1) is 5.92 Å². The van der Waals surface area contributed by atoms with Crippen LogP contribution in [0.5, 0.6) is 0 Å². The van der Waals surface area contributed by atoms with Gasteiger partial charge in [-0.05, 0) is 18.9 Å². The Morgan fingerprint density at radius 2 is 2.36 bits per heavy atom. The van der Waals surface area contributed by atoms with Crippen LogP contribution in [0.1, 0.15) is 20.3 Å². The van der Waals surface area contributed by atoms with E-state index in [9.17, 15) is 4.79 Å². The molecule has 0 saturated carbocycles. The van der Waals surface area contributed by atoms with E-state index in [2.05, 4.69) is 19.2 Å². The van der Waals surface area contributed by atoms with Crippen molar-refractivity contribution in [1.82, 2.24) is 10.2 Å². The number of aliphatic hydroxyl groups excluding tert-OH is 1. The number of hydrogen-bond acceptors (Lipinski definition) is 3. The molecule has 82 valence electrons. The lowest BCUT2D eigenvalue weighted by atomic mass is 10.2. The average Bonchev–Trinajstić information content (AvgIpc) is 2.62. The van der Waals surface area contributed by atoms with Crippen molar-refractivity contribution >= 4 is 5.91 Å². The molecule has 0 aromatic rings. The smallest absolute Gasteiger partial charge is 0.248 e. The highest BCUT2D eigenvalue weighted by Gasteiger charge is 2.24. The number of carbonyl (C=O) groups is 1. The van der Waals surface area contributed by atoms with E-state index in [-0.39, 0.29) is 12.5 Å². The number of nitrogens with zero attached hydrogens (tertiary/aromatic N) is 1. The molecule has 0 aromatic carbocycles. The first kappa shape index (κ1) is 11.5. The zero-order chi connectivity index (χ0) is 10.6. The Labute approximate surface area is 85.3 Å². The number of carbonyl (C=O) groups excluding carboxylic acids is 1. The van der Waals surface area contributed by atoms with Gasteiger partial charge in [-0.1, -0.05) is 13.8 Å². The van der Waals surface area contributed by atoms with Crippen LogP contribution in [-0.2, 0) is 4.79 Å². The molecule has 0 radical (unpaired) electrons. The van der Waals surface area contributed by atoms with Crippen LogP contribution in [-0.4, -0.2) is 48.2 Å². The fraction of sp³-hybridized carbons (Fsp3) is 0.900. The van der Waals surface area contributed by atoms with Gasteiger partial charge in [-0.25, -0.2) is 0 Å². The van der Waals surface area contributed by atoms with Gasteiger partial charge >= 0.3 is 0 Å². The van der Waals surface area contributed by atoms with Crippen molar-refractivity contribution in [1.29, 1.82) is 0 Å². The number of aliphatic hydroxyl groups is 1. The first-order valence-corrected chi connectivity index (χ1v) is 5.25. The van der Waals surface area contributed by atoms with Gasteiger partial charge in [0.15, 0.2) is 0 Å². The van der Waals surface area contributed by atoms with Crippen molar-refractivity contribution in [3.63, 3.8) is 0 Å². The van der Waals surface area contributed by atoms with Crippen LogP contribution >= 0.6 is 0 Å². The van der Waals surface area contributed by atoms with Gasteiger partial charge < -0.3 is 15.3 Å². The molecule has 14 heavy (non-hydrogen) atoms. The lowest BCUT2D eigenvalue weighted by Crippen LogP contribution is -2.37. The predicted octanol–water partition coefficient (Wildman–Crippen LogP) is -0.175. The fourth-order valence-corrected chi connectivity index (χ4v) is 1.66. The van der Waals surface area contributed by atoms with Crippen molar-refractivity contribution < 1.29 is 9.90 Å². The van der Waals surface area contributed by atoms with Crippen LogP contribution < -0.4 is 5.32 Å². The quantitative estimate of drug-likeness (QED) is 0.662. The zero-order valence-corrected chi connectivity index (χ0v) is 8.99. The molecule has 1 heterocycles. The summed E-state index contributed by atoms with van der Waals surface area (Å²) in [7, 11) is 0. The molecular weight excluding hydrogens is 180 g/mol. The summed E-state index contributed by atoms with van der Waals surface area (Å²) in [6, 6.07) is 0.410. The largest absolute Gasteiger partial charge is 0.387 e. The molecule has 0 aromatic heterocycles. The molecule has 4 heteroatoms. The number of amides is 1. The van der Waals surface area contributed by atoms with Crippen LogP contribution in [0.25, 0.3) is 0 Å². The van der Waals surface area contributed by atoms with Gasteiger partial charge in [-0.2, -0.15) is 0 Å². The third-order valence-electron chi connectivity index (χ3n) is 2.49. The molecule has 1 atom stereocenters. The summed E-state index contributed by atoms with van der Waals surface area (Å²) in [5, 5.41) is 12.1. The molecule has 1 amide bonds.